The molecule has 2 aromatic heterocycles. The molecule has 6 nitrogen and oxygen atoms in total. The molecule has 0 aromatic carbocycles. The van der Waals surface area contributed by atoms with Crippen LogP contribution in [0.1, 0.15) is 67.0 Å². The number of carbonyl (C=O) groups is 1. The molecule has 33 heavy (non-hydrogen) atoms. The second kappa shape index (κ2) is 8.78. The zero-order chi connectivity index (χ0) is 23.2. The van der Waals surface area contributed by atoms with Crippen molar-refractivity contribution in [3.63, 3.8) is 0 Å². The van der Waals surface area contributed by atoms with Crippen LogP contribution in [0.4, 0.5) is 8.78 Å². The monoisotopic (exact) mass is 459 g/mol. The van der Waals surface area contributed by atoms with E-state index in [2.05, 4.69) is 15.3 Å². The number of pyridine rings is 2. The molecule has 178 valence electrons. The lowest BCUT2D eigenvalue weighted by atomic mass is 9.62. The highest BCUT2D eigenvalue weighted by Crippen LogP contribution is 2.51. The van der Waals surface area contributed by atoms with E-state index in [0.717, 1.165) is 38.2 Å². The standard InChI is InChI=1S/C25H31F2N3O3/c1-28-24(32)23-22-19(6-9-29-23)30-20(11-21(22)31)18-10-15(16-12-33-13-16)2-3-17(18)14-4-7-25(26,27)8-5-14/h6,9,11,14-18H,2-5,7-8,10,12-13H2,1H3,(H,28,32)(H,30,31)/t15?,17?,18-/m1/s1. The molecule has 0 bridgehead atoms. The molecule has 3 fully saturated rings. The number of fused-ring (bicyclic) bond motifs is 1. The van der Waals surface area contributed by atoms with E-state index in [0.29, 0.717) is 30.2 Å². The van der Waals surface area contributed by atoms with Gasteiger partial charge in [-0.15, -0.1) is 0 Å². The number of ether oxygens (including phenoxy) is 1. The highest BCUT2D eigenvalue weighted by Gasteiger charge is 2.44. The molecule has 2 aromatic rings. The molecule has 0 spiro atoms. The van der Waals surface area contributed by atoms with Gasteiger partial charge in [-0.3, -0.25) is 14.6 Å². The van der Waals surface area contributed by atoms with Crippen molar-refractivity contribution < 1.29 is 18.3 Å². The van der Waals surface area contributed by atoms with Crippen molar-refractivity contribution in [2.24, 2.45) is 23.7 Å². The Morgan fingerprint density at radius 2 is 1.91 bits per heavy atom. The number of rotatable bonds is 4. The van der Waals surface area contributed by atoms with Crippen molar-refractivity contribution in [1.29, 1.82) is 0 Å². The largest absolute Gasteiger partial charge is 0.381 e. The van der Waals surface area contributed by atoms with Crippen LogP contribution in [0, 0.1) is 23.7 Å². The van der Waals surface area contributed by atoms with Crippen LogP contribution in [0.2, 0.25) is 0 Å². The van der Waals surface area contributed by atoms with Crippen molar-refractivity contribution in [1.82, 2.24) is 15.3 Å². The molecule has 8 heteroatoms. The van der Waals surface area contributed by atoms with Gasteiger partial charge >= 0.3 is 0 Å². The fraction of sp³-hybridized carbons (Fsp3) is 0.640. The molecule has 1 amide bonds. The van der Waals surface area contributed by atoms with Crippen LogP contribution in [0.3, 0.4) is 0 Å². The minimum atomic E-state index is -2.55. The molecular formula is C25H31F2N3O3. The molecule has 5 rings (SSSR count). The normalized spacial score (nSPS) is 28.4. The lowest BCUT2D eigenvalue weighted by Crippen LogP contribution is -2.41. The molecule has 0 radical (unpaired) electrons. The van der Waals surface area contributed by atoms with Crippen molar-refractivity contribution in [2.75, 3.05) is 20.3 Å². The topological polar surface area (TPSA) is 84.1 Å². The molecule has 1 aliphatic heterocycles. The van der Waals surface area contributed by atoms with Gasteiger partial charge in [0.15, 0.2) is 5.43 Å². The van der Waals surface area contributed by atoms with Crippen LogP contribution in [0.15, 0.2) is 23.1 Å². The molecule has 2 unspecified atom stereocenters. The first kappa shape index (κ1) is 22.4. The maximum atomic E-state index is 13.8. The minimum Gasteiger partial charge on any atom is -0.381 e. The summed E-state index contributed by atoms with van der Waals surface area (Å²) in [4.78, 5) is 33.0. The Balaban J connectivity index is 1.51. The predicted octanol–water partition coefficient (Wildman–Crippen LogP) is 4.25. The summed E-state index contributed by atoms with van der Waals surface area (Å²) in [5.74, 6) is -1.27. The number of amides is 1. The average molecular weight is 460 g/mol. The zero-order valence-electron chi connectivity index (χ0n) is 18.9. The number of hydrogen-bond donors (Lipinski definition) is 2. The Labute approximate surface area is 191 Å². The van der Waals surface area contributed by atoms with Crippen molar-refractivity contribution in [2.45, 2.75) is 56.8 Å². The fourth-order valence-electron chi connectivity index (χ4n) is 6.30. The molecular weight excluding hydrogens is 428 g/mol. The average Bonchev–Trinajstić information content (AvgIpc) is 2.77. The van der Waals surface area contributed by atoms with Crippen LogP contribution in [-0.4, -0.2) is 42.1 Å². The van der Waals surface area contributed by atoms with Crippen LogP contribution < -0.4 is 10.7 Å². The lowest BCUT2D eigenvalue weighted by Gasteiger charge is -2.46. The summed E-state index contributed by atoms with van der Waals surface area (Å²) in [5.41, 5.74) is 1.33. The summed E-state index contributed by atoms with van der Waals surface area (Å²) >= 11 is 0. The quantitative estimate of drug-likeness (QED) is 0.716. The highest BCUT2D eigenvalue weighted by atomic mass is 19.3. The number of aromatic nitrogens is 2. The number of alkyl halides is 2. The van der Waals surface area contributed by atoms with Gasteiger partial charge in [0, 0.05) is 49.7 Å². The fourth-order valence-corrected chi connectivity index (χ4v) is 6.30. The van der Waals surface area contributed by atoms with Crippen LogP contribution in [-0.2, 0) is 4.74 Å². The Morgan fingerprint density at radius 1 is 1.15 bits per heavy atom. The number of H-pyrrole nitrogens is 1. The number of aromatic amines is 1. The van der Waals surface area contributed by atoms with Crippen LogP contribution in [0.25, 0.3) is 10.9 Å². The van der Waals surface area contributed by atoms with E-state index in [9.17, 15) is 18.4 Å². The molecule has 2 aliphatic carbocycles. The van der Waals surface area contributed by atoms with Gasteiger partial charge in [-0.25, -0.2) is 8.78 Å². The first-order valence-electron chi connectivity index (χ1n) is 12.1. The van der Waals surface area contributed by atoms with Gasteiger partial charge in [0.1, 0.15) is 5.69 Å². The van der Waals surface area contributed by atoms with Gasteiger partial charge in [-0.2, -0.15) is 0 Å². The second-order valence-electron chi connectivity index (χ2n) is 10.1. The third kappa shape index (κ3) is 4.29. The number of nitrogens with one attached hydrogen (secondary N) is 2. The van der Waals surface area contributed by atoms with E-state index in [1.807, 2.05) is 0 Å². The molecule has 1 saturated heterocycles. The van der Waals surface area contributed by atoms with E-state index in [-0.39, 0.29) is 47.1 Å². The Bertz CT molecular complexity index is 1090. The zero-order valence-corrected chi connectivity index (χ0v) is 18.9. The van der Waals surface area contributed by atoms with Gasteiger partial charge in [-0.05, 0) is 55.9 Å². The Hall–Kier alpha value is -2.35. The maximum Gasteiger partial charge on any atom is 0.270 e. The number of nitrogens with zero attached hydrogens (tertiary/aromatic N) is 1. The van der Waals surface area contributed by atoms with Gasteiger partial charge in [0.05, 0.1) is 24.1 Å². The summed E-state index contributed by atoms with van der Waals surface area (Å²) in [7, 11) is 1.51. The second-order valence-corrected chi connectivity index (χ2v) is 10.1. The van der Waals surface area contributed by atoms with E-state index >= 15 is 0 Å². The minimum absolute atomic E-state index is 0.0455. The molecule has 3 heterocycles. The molecule has 2 saturated carbocycles. The third-order valence-corrected chi connectivity index (χ3v) is 8.25. The molecule has 3 atom stereocenters. The lowest BCUT2D eigenvalue weighted by molar-refractivity contribution is -0.0813. The summed E-state index contributed by atoms with van der Waals surface area (Å²) in [5, 5.41) is 2.83. The van der Waals surface area contributed by atoms with Gasteiger partial charge in [-0.1, -0.05) is 0 Å². The first-order valence-corrected chi connectivity index (χ1v) is 12.1. The van der Waals surface area contributed by atoms with Crippen molar-refractivity contribution in [3.8, 4) is 0 Å². The smallest absolute Gasteiger partial charge is 0.270 e. The van der Waals surface area contributed by atoms with E-state index < -0.39 is 11.8 Å². The first-order chi connectivity index (χ1) is 15.9. The van der Waals surface area contributed by atoms with Crippen LogP contribution in [0.5, 0.6) is 0 Å². The summed E-state index contributed by atoms with van der Waals surface area (Å²) in [6.07, 6.45) is 5.52. The Kier molecular flexibility index (Phi) is 5.97. The molecule has 3 aliphatic rings. The Morgan fingerprint density at radius 3 is 2.58 bits per heavy atom. The van der Waals surface area contributed by atoms with Gasteiger partial charge < -0.3 is 15.0 Å². The van der Waals surface area contributed by atoms with E-state index in [1.165, 1.54) is 13.2 Å². The third-order valence-electron chi connectivity index (χ3n) is 8.25. The number of hydrogen-bond acceptors (Lipinski definition) is 4. The van der Waals surface area contributed by atoms with Gasteiger partial charge in [0.2, 0.25) is 5.92 Å². The van der Waals surface area contributed by atoms with Gasteiger partial charge in [0.25, 0.3) is 5.91 Å². The predicted molar refractivity (Wildman–Crippen MR) is 121 cm³/mol. The number of carbonyl (C=O) groups excluding carboxylic acids is 1. The van der Waals surface area contributed by atoms with E-state index in [4.69, 9.17) is 4.74 Å². The molecule has 2 N–H and O–H groups in total. The SMILES string of the molecule is CNC(=O)c1nccc2[nH]c([C@@H]3CC(C4COC4)CCC3C3CCC(F)(F)CC3)cc(=O)c12. The van der Waals surface area contributed by atoms with Crippen molar-refractivity contribution in [3.05, 3.63) is 39.9 Å². The summed E-state index contributed by atoms with van der Waals surface area (Å²) in [6.45, 7) is 1.57. The summed E-state index contributed by atoms with van der Waals surface area (Å²) in [6, 6.07) is 3.34. The number of halogens is 2. The van der Waals surface area contributed by atoms with E-state index in [1.54, 1.807) is 12.1 Å². The maximum absolute atomic E-state index is 13.8. The van der Waals surface area contributed by atoms with Crippen molar-refractivity contribution >= 4 is 16.8 Å². The van der Waals surface area contributed by atoms with Crippen LogP contribution >= 0.6 is 0 Å². The summed E-state index contributed by atoms with van der Waals surface area (Å²) < 4.78 is 33.1. The highest BCUT2D eigenvalue weighted by molar-refractivity contribution is 6.04.